The Balaban J connectivity index is 2.00. The molecular formula is C23H21BrN2O. The number of aromatic nitrogens is 1. The van der Waals surface area contributed by atoms with Crippen LogP contribution in [0.2, 0.25) is 0 Å². The third-order valence-electron chi connectivity index (χ3n) is 4.45. The van der Waals surface area contributed by atoms with Gasteiger partial charge in [0.25, 0.3) is 0 Å². The third-order valence-corrected chi connectivity index (χ3v) is 4.98. The molecule has 0 fully saturated rings. The number of aryl methyl sites for hydroxylation is 1. The summed E-state index contributed by atoms with van der Waals surface area (Å²) in [4.78, 5) is 0. The van der Waals surface area contributed by atoms with Gasteiger partial charge in [-0.15, -0.1) is 0 Å². The number of hydrogen-bond donors (Lipinski definition) is 0. The zero-order valence-electron chi connectivity index (χ0n) is 15.7. The summed E-state index contributed by atoms with van der Waals surface area (Å²) in [7, 11) is 0. The lowest BCUT2D eigenvalue weighted by atomic mass is 10.0. The van der Waals surface area contributed by atoms with Crippen molar-refractivity contribution in [2.24, 2.45) is 0 Å². The molecule has 1 heterocycles. The van der Waals surface area contributed by atoms with Crippen LogP contribution in [0.1, 0.15) is 29.4 Å². The van der Waals surface area contributed by atoms with Gasteiger partial charge in [0, 0.05) is 21.5 Å². The average Bonchev–Trinajstić information content (AvgIpc) is 2.95. The Morgan fingerprint density at radius 3 is 2.37 bits per heavy atom. The van der Waals surface area contributed by atoms with E-state index in [1.54, 1.807) is 0 Å². The van der Waals surface area contributed by atoms with E-state index in [4.69, 9.17) is 4.74 Å². The Morgan fingerprint density at radius 1 is 1.11 bits per heavy atom. The molecule has 4 heteroatoms. The van der Waals surface area contributed by atoms with Crippen LogP contribution in [0.15, 0.2) is 59.1 Å². The molecule has 136 valence electrons. The maximum atomic E-state index is 9.62. The molecule has 0 saturated carbocycles. The maximum Gasteiger partial charge on any atom is 0.119 e. The second kappa shape index (κ2) is 8.28. The molecule has 0 aliphatic rings. The van der Waals surface area contributed by atoms with Crippen LogP contribution in [-0.4, -0.2) is 11.2 Å². The molecule has 0 atom stereocenters. The molecule has 0 radical (unpaired) electrons. The van der Waals surface area contributed by atoms with Gasteiger partial charge in [-0.1, -0.05) is 28.1 Å². The van der Waals surface area contributed by atoms with Crippen molar-refractivity contribution < 1.29 is 4.74 Å². The number of ether oxygens (including phenoxy) is 1. The van der Waals surface area contributed by atoms with Crippen LogP contribution in [0.25, 0.3) is 17.3 Å². The van der Waals surface area contributed by atoms with Gasteiger partial charge in [0.15, 0.2) is 0 Å². The molecule has 0 aliphatic carbocycles. The lowest BCUT2D eigenvalue weighted by Crippen LogP contribution is -1.99. The van der Waals surface area contributed by atoms with Crippen molar-refractivity contribution in [2.45, 2.75) is 20.8 Å². The van der Waals surface area contributed by atoms with Crippen LogP contribution in [0, 0.1) is 25.2 Å². The monoisotopic (exact) mass is 420 g/mol. The van der Waals surface area contributed by atoms with E-state index < -0.39 is 0 Å². The predicted octanol–water partition coefficient (Wildman–Crippen LogP) is 6.32. The molecule has 1 aromatic heterocycles. The summed E-state index contributed by atoms with van der Waals surface area (Å²) in [6.45, 7) is 6.78. The number of rotatable bonds is 5. The van der Waals surface area contributed by atoms with Gasteiger partial charge in [-0.3, -0.25) is 0 Å². The van der Waals surface area contributed by atoms with E-state index >= 15 is 0 Å². The topological polar surface area (TPSA) is 38.0 Å². The molecule has 27 heavy (non-hydrogen) atoms. The number of nitrogens with zero attached hydrogens (tertiary/aromatic N) is 2. The first-order valence-electron chi connectivity index (χ1n) is 8.83. The van der Waals surface area contributed by atoms with Gasteiger partial charge >= 0.3 is 0 Å². The molecule has 0 spiro atoms. The summed E-state index contributed by atoms with van der Waals surface area (Å²) < 4.78 is 8.72. The molecule has 0 saturated heterocycles. The van der Waals surface area contributed by atoms with Gasteiger partial charge in [0.1, 0.15) is 5.75 Å². The van der Waals surface area contributed by atoms with Gasteiger partial charge in [-0.05, 0) is 80.4 Å². The van der Waals surface area contributed by atoms with Crippen molar-refractivity contribution in [1.29, 1.82) is 5.26 Å². The zero-order valence-corrected chi connectivity index (χ0v) is 17.2. The molecule has 0 bridgehead atoms. The Labute approximate surface area is 168 Å². The van der Waals surface area contributed by atoms with Gasteiger partial charge in [0.2, 0.25) is 0 Å². The molecule has 0 N–H and O–H groups in total. The van der Waals surface area contributed by atoms with Crippen LogP contribution < -0.4 is 4.74 Å². The number of hydrogen-bond acceptors (Lipinski definition) is 2. The molecule has 3 nitrogen and oxygen atoms in total. The third kappa shape index (κ3) is 4.15. The molecule has 2 aromatic carbocycles. The highest BCUT2D eigenvalue weighted by Crippen LogP contribution is 2.26. The SMILES string of the molecule is CCOc1ccc(-n2c(C)cc(/C=C(/C#N)c3ccc(Br)cc3)c2C)cc1. The predicted molar refractivity (Wildman–Crippen MR) is 114 cm³/mol. The highest BCUT2D eigenvalue weighted by atomic mass is 79.9. The van der Waals surface area contributed by atoms with E-state index in [0.717, 1.165) is 38.4 Å². The van der Waals surface area contributed by atoms with Crippen LogP contribution in [0.4, 0.5) is 0 Å². The minimum atomic E-state index is 0.648. The van der Waals surface area contributed by atoms with E-state index in [0.29, 0.717) is 12.2 Å². The highest BCUT2D eigenvalue weighted by Gasteiger charge is 2.11. The molecule has 3 rings (SSSR count). The van der Waals surface area contributed by atoms with Crippen LogP contribution in [0.5, 0.6) is 5.75 Å². The second-order valence-corrected chi connectivity index (χ2v) is 7.18. The van der Waals surface area contributed by atoms with E-state index in [2.05, 4.69) is 58.6 Å². The Hall–Kier alpha value is -2.77. The number of nitriles is 1. The zero-order chi connectivity index (χ0) is 19.4. The van der Waals surface area contributed by atoms with Gasteiger partial charge < -0.3 is 9.30 Å². The van der Waals surface area contributed by atoms with Crippen LogP contribution in [-0.2, 0) is 0 Å². The minimum absolute atomic E-state index is 0.648. The Bertz CT molecular complexity index is 1010. The van der Waals surface area contributed by atoms with Gasteiger partial charge in [-0.25, -0.2) is 0 Å². The first-order valence-corrected chi connectivity index (χ1v) is 9.62. The van der Waals surface area contributed by atoms with Gasteiger partial charge in [0.05, 0.1) is 18.2 Å². The summed E-state index contributed by atoms with van der Waals surface area (Å²) in [6, 6.07) is 20.3. The van der Waals surface area contributed by atoms with Crippen LogP contribution in [0.3, 0.4) is 0 Å². The highest BCUT2D eigenvalue weighted by molar-refractivity contribution is 9.10. The minimum Gasteiger partial charge on any atom is -0.494 e. The normalized spacial score (nSPS) is 11.3. The first kappa shape index (κ1) is 19.0. The summed E-state index contributed by atoms with van der Waals surface area (Å²) in [5.41, 5.74) is 5.90. The van der Waals surface area contributed by atoms with Crippen LogP contribution >= 0.6 is 15.9 Å². The fourth-order valence-corrected chi connectivity index (χ4v) is 3.42. The van der Waals surface area contributed by atoms with Gasteiger partial charge in [-0.2, -0.15) is 5.26 Å². The van der Waals surface area contributed by atoms with Crippen molar-refractivity contribution in [3.63, 3.8) is 0 Å². The lowest BCUT2D eigenvalue weighted by Gasteiger charge is -2.11. The average molecular weight is 421 g/mol. The Kier molecular flexibility index (Phi) is 5.83. The standard InChI is InChI=1S/C23H21BrN2O/c1-4-27-23-11-9-22(10-12-23)26-16(2)13-19(17(26)3)14-20(15-25)18-5-7-21(24)8-6-18/h5-14H,4H2,1-3H3/b20-14-. The van der Waals surface area contributed by atoms with E-state index in [1.807, 2.05) is 49.4 Å². The molecular weight excluding hydrogens is 400 g/mol. The van der Waals surface area contributed by atoms with Crippen molar-refractivity contribution in [3.8, 4) is 17.5 Å². The first-order chi connectivity index (χ1) is 13.0. The van der Waals surface area contributed by atoms with E-state index in [1.165, 1.54) is 0 Å². The number of halogens is 1. The molecule has 0 unspecified atom stereocenters. The molecule has 0 amide bonds. The summed E-state index contributed by atoms with van der Waals surface area (Å²) in [5, 5.41) is 9.62. The molecule has 3 aromatic rings. The number of allylic oxidation sites excluding steroid dienone is 1. The lowest BCUT2D eigenvalue weighted by molar-refractivity contribution is 0.340. The smallest absolute Gasteiger partial charge is 0.119 e. The summed E-state index contributed by atoms with van der Waals surface area (Å²) in [5.74, 6) is 0.867. The molecule has 0 aliphatic heterocycles. The summed E-state index contributed by atoms with van der Waals surface area (Å²) in [6.07, 6.45) is 1.95. The van der Waals surface area contributed by atoms with Crippen molar-refractivity contribution in [3.05, 3.63) is 81.6 Å². The fraction of sp³-hybridized carbons (Fsp3) is 0.174. The van der Waals surface area contributed by atoms with Crippen molar-refractivity contribution in [1.82, 2.24) is 4.57 Å². The quantitative estimate of drug-likeness (QED) is 0.452. The Morgan fingerprint density at radius 2 is 1.78 bits per heavy atom. The largest absolute Gasteiger partial charge is 0.494 e. The maximum absolute atomic E-state index is 9.62. The second-order valence-electron chi connectivity index (χ2n) is 6.27. The number of benzene rings is 2. The van der Waals surface area contributed by atoms with E-state index in [-0.39, 0.29) is 0 Å². The van der Waals surface area contributed by atoms with Crippen molar-refractivity contribution >= 4 is 27.6 Å². The fourth-order valence-electron chi connectivity index (χ4n) is 3.15. The van der Waals surface area contributed by atoms with Crippen molar-refractivity contribution in [2.75, 3.05) is 6.61 Å². The summed E-state index contributed by atoms with van der Waals surface area (Å²) >= 11 is 3.43. The van der Waals surface area contributed by atoms with E-state index in [9.17, 15) is 5.26 Å².